The van der Waals surface area contributed by atoms with Gasteiger partial charge < -0.3 is 15.4 Å². The van der Waals surface area contributed by atoms with Crippen LogP contribution in [0.4, 0.5) is 0 Å². The number of ether oxygens (including phenoxy) is 1. The van der Waals surface area contributed by atoms with E-state index >= 15 is 0 Å². The number of hydrogen-bond acceptors (Lipinski definition) is 3. The summed E-state index contributed by atoms with van der Waals surface area (Å²) in [6.07, 6.45) is 6.06. The second kappa shape index (κ2) is 6.23. The molecule has 2 N–H and O–H groups in total. The Balaban J connectivity index is 2.02. The smallest absolute Gasteiger partial charge is 0.226 e. The van der Waals surface area contributed by atoms with Gasteiger partial charge in [-0.25, -0.2) is 0 Å². The summed E-state index contributed by atoms with van der Waals surface area (Å²) in [6, 6.07) is 0. The van der Waals surface area contributed by atoms with Crippen molar-refractivity contribution in [1.29, 1.82) is 0 Å². The maximum atomic E-state index is 12.8. The summed E-state index contributed by atoms with van der Waals surface area (Å²) in [7, 11) is 0. The van der Waals surface area contributed by atoms with Crippen molar-refractivity contribution < 1.29 is 9.53 Å². The van der Waals surface area contributed by atoms with E-state index < -0.39 is 0 Å². The fraction of sp³-hybridized carbons (Fsp3) is 0.933. The third kappa shape index (κ3) is 3.48. The lowest BCUT2D eigenvalue weighted by atomic mass is 9.74. The average molecular weight is 268 g/mol. The van der Waals surface area contributed by atoms with E-state index in [0.717, 1.165) is 58.2 Å². The van der Waals surface area contributed by atoms with E-state index in [4.69, 9.17) is 4.74 Å². The van der Waals surface area contributed by atoms with Crippen LogP contribution in [0.25, 0.3) is 0 Å². The highest BCUT2D eigenvalue weighted by Crippen LogP contribution is 2.35. The van der Waals surface area contributed by atoms with Crippen molar-refractivity contribution in [3.05, 3.63) is 0 Å². The highest BCUT2D eigenvalue weighted by molar-refractivity contribution is 5.83. The van der Waals surface area contributed by atoms with E-state index in [1.807, 2.05) is 0 Å². The summed E-state index contributed by atoms with van der Waals surface area (Å²) < 4.78 is 5.54. The molecular weight excluding hydrogens is 240 g/mol. The lowest BCUT2D eigenvalue weighted by molar-refractivity contribution is -0.137. The van der Waals surface area contributed by atoms with E-state index in [1.54, 1.807) is 0 Å². The molecule has 2 aliphatic heterocycles. The molecule has 1 unspecified atom stereocenters. The van der Waals surface area contributed by atoms with E-state index in [2.05, 4.69) is 24.5 Å². The molecule has 19 heavy (non-hydrogen) atoms. The number of amides is 1. The number of carbonyl (C=O) groups is 1. The van der Waals surface area contributed by atoms with Crippen molar-refractivity contribution in [3.63, 3.8) is 0 Å². The van der Waals surface area contributed by atoms with E-state index in [-0.39, 0.29) is 16.9 Å². The molecule has 0 aromatic rings. The maximum absolute atomic E-state index is 12.8. The number of piperidine rings is 1. The summed E-state index contributed by atoms with van der Waals surface area (Å²) in [4.78, 5) is 12.8. The molecule has 2 rings (SSSR count). The van der Waals surface area contributed by atoms with Gasteiger partial charge in [-0.05, 0) is 52.1 Å². The standard InChI is InChI=1S/C15H28N2O2/c1-3-5-15(7-9-16-10-8-15)13(18)17-14(2)6-4-11-19-12-14/h16H,3-12H2,1-2H3,(H,17,18). The maximum Gasteiger partial charge on any atom is 0.226 e. The highest BCUT2D eigenvalue weighted by atomic mass is 16.5. The van der Waals surface area contributed by atoms with Gasteiger partial charge in [0.2, 0.25) is 5.91 Å². The van der Waals surface area contributed by atoms with Gasteiger partial charge in [-0.2, -0.15) is 0 Å². The molecule has 0 aromatic carbocycles. The van der Waals surface area contributed by atoms with Crippen molar-refractivity contribution >= 4 is 5.91 Å². The first kappa shape index (κ1) is 14.8. The minimum absolute atomic E-state index is 0.152. The van der Waals surface area contributed by atoms with Crippen LogP contribution in [-0.2, 0) is 9.53 Å². The van der Waals surface area contributed by atoms with Crippen molar-refractivity contribution in [1.82, 2.24) is 10.6 Å². The lowest BCUT2D eigenvalue weighted by Gasteiger charge is -2.41. The molecule has 4 nitrogen and oxygen atoms in total. The molecule has 2 saturated heterocycles. The van der Waals surface area contributed by atoms with E-state index in [1.165, 1.54) is 0 Å². The molecule has 0 saturated carbocycles. The molecule has 2 heterocycles. The van der Waals surface area contributed by atoms with Gasteiger partial charge in [0.05, 0.1) is 17.6 Å². The molecule has 0 aliphatic carbocycles. The minimum atomic E-state index is -0.166. The average Bonchev–Trinajstić information content (AvgIpc) is 2.40. The van der Waals surface area contributed by atoms with Crippen LogP contribution in [0.1, 0.15) is 52.4 Å². The largest absolute Gasteiger partial charge is 0.379 e. The van der Waals surface area contributed by atoms with Crippen LogP contribution in [0.5, 0.6) is 0 Å². The first-order valence-electron chi connectivity index (χ1n) is 7.71. The molecule has 110 valence electrons. The molecule has 1 amide bonds. The van der Waals surface area contributed by atoms with Crippen LogP contribution in [0.2, 0.25) is 0 Å². The zero-order chi connectivity index (χ0) is 13.8. The molecule has 1 atom stereocenters. The fourth-order valence-corrected chi connectivity index (χ4v) is 3.41. The van der Waals surface area contributed by atoms with Gasteiger partial charge in [-0.15, -0.1) is 0 Å². The molecule has 0 radical (unpaired) electrons. The lowest BCUT2D eigenvalue weighted by Crippen LogP contribution is -2.57. The van der Waals surface area contributed by atoms with Crippen LogP contribution in [0, 0.1) is 5.41 Å². The van der Waals surface area contributed by atoms with Crippen LogP contribution < -0.4 is 10.6 Å². The van der Waals surface area contributed by atoms with Gasteiger partial charge in [0.15, 0.2) is 0 Å². The molecule has 0 bridgehead atoms. The summed E-state index contributed by atoms with van der Waals surface area (Å²) in [5.74, 6) is 0.254. The Labute approximate surface area is 116 Å². The SMILES string of the molecule is CCCC1(C(=O)NC2(C)CCCOC2)CCNCC1. The van der Waals surface area contributed by atoms with Gasteiger partial charge in [0.1, 0.15) is 0 Å². The monoisotopic (exact) mass is 268 g/mol. The third-order valence-corrected chi connectivity index (χ3v) is 4.62. The summed E-state index contributed by atoms with van der Waals surface area (Å²) >= 11 is 0. The van der Waals surface area contributed by atoms with Gasteiger partial charge >= 0.3 is 0 Å². The molecule has 2 fully saturated rings. The Hall–Kier alpha value is -0.610. The molecule has 2 aliphatic rings. The fourth-order valence-electron chi connectivity index (χ4n) is 3.41. The summed E-state index contributed by atoms with van der Waals surface area (Å²) in [5.41, 5.74) is -0.318. The molecular formula is C15H28N2O2. The predicted octanol–water partition coefficient (Wildman–Crippen LogP) is 1.84. The normalized spacial score (nSPS) is 30.8. The zero-order valence-electron chi connectivity index (χ0n) is 12.4. The van der Waals surface area contributed by atoms with E-state index in [9.17, 15) is 4.79 Å². The van der Waals surface area contributed by atoms with Crippen molar-refractivity contribution in [2.45, 2.75) is 57.9 Å². The Morgan fingerprint density at radius 1 is 1.32 bits per heavy atom. The van der Waals surface area contributed by atoms with Gasteiger partial charge in [-0.1, -0.05) is 13.3 Å². The number of hydrogen-bond donors (Lipinski definition) is 2. The van der Waals surface area contributed by atoms with Crippen LogP contribution in [-0.4, -0.2) is 37.7 Å². The Bertz CT molecular complexity index is 300. The van der Waals surface area contributed by atoms with Gasteiger partial charge in [-0.3, -0.25) is 4.79 Å². The predicted molar refractivity (Wildman–Crippen MR) is 76.0 cm³/mol. The second-order valence-corrected chi connectivity index (χ2v) is 6.45. The van der Waals surface area contributed by atoms with Gasteiger partial charge in [0, 0.05) is 6.61 Å². The van der Waals surface area contributed by atoms with Crippen molar-refractivity contribution in [3.8, 4) is 0 Å². The van der Waals surface area contributed by atoms with E-state index in [0.29, 0.717) is 6.61 Å². The second-order valence-electron chi connectivity index (χ2n) is 6.45. The molecule has 0 spiro atoms. The first-order valence-corrected chi connectivity index (χ1v) is 7.71. The van der Waals surface area contributed by atoms with Crippen molar-refractivity contribution in [2.75, 3.05) is 26.3 Å². The zero-order valence-corrected chi connectivity index (χ0v) is 12.4. The van der Waals surface area contributed by atoms with Gasteiger partial charge in [0.25, 0.3) is 0 Å². The third-order valence-electron chi connectivity index (χ3n) is 4.62. The quantitative estimate of drug-likeness (QED) is 0.818. The summed E-state index contributed by atoms with van der Waals surface area (Å²) in [5, 5.41) is 6.66. The van der Waals surface area contributed by atoms with Crippen LogP contribution >= 0.6 is 0 Å². The highest BCUT2D eigenvalue weighted by Gasteiger charge is 2.41. The number of carbonyl (C=O) groups excluding carboxylic acids is 1. The Kier molecular flexibility index (Phi) is 4.85. The van der Waals surface area contributed by atoms with Crippen LogP contribution in [0.15, 0.2) is 0 Å². The first-order chi connectivity index (χ1) is 9.10. The summed E-state index contributed by atoms with van der Waals surface area (Å²) in [6.45, 7) is 7.68. The molecule has 4 heteroatoms. The van der Waals surface area contributed by atoms with Crippen molar-refractivity contribution in [2.24, 2.45) is 5.41 Å². The van der Waals surface area contributed by atoms with Crippen LogP contribution in [0.3, 0.4) is 0 Å². The number of nitrogens with one attached hydrogen (secondary N) is 2. The number of rotatable bonds is 4. The Morgan fingerprint density at radius 2 is 2.05 bits per heavy atom. The minimum Gasteiger partial charge on any atom is -0.379 e. The topological polar surface area (TPSA) is 50.4 Å². The molecule has 0 aromatic heterocycles. The Morgan fingerprint density at radius 3 is 2.63 bits per heavy atom.